The van der Waals surface area contributed by atoms with Gasteiger partial charge in [0.15, 0.2) is 0 Å². The highest BCUT2D eigenvalue weighted by molar-refractivity contribution is 6.69. The molecule has 1 unspecified atom stereocenters. The fraction of sp³-hybridized carbons (Fsp3) is 1.00. The van der Waals surface area contributed by atoms with E-state index >= 15 is 0 Å². The maximum atomic E-state index is 3.62. The van der Waals surface area contributed by atoms with Crippen molar-refractivity contribution in [3.05, 3.63) is 0 Å². The summed E-state index contributed by atoms with van der Waals surface area (Å²) in [6.07, 6.45) is 0. The molecule has 0 aromatic carbocycles. The minimum atomic E-state index is -1.89. The number of nitrogens with one attached hydrogen (secondary N) is 4. The van der Waals surface area contributed by atoms with E-state index in [9.17, 15) is 0 Å². The maximum absolute atomic E-state index is 3.62. The van der Waals surface area contributed by atoms with E-state index in [1.165, 1.54) is 0 Å². The zero-order valence-electron chi connectivity index (χ0n) is 10.6. The lowest BCUT2D eigenvalue weighted by Crippen LogP contribution is -2.80. The summed E-state index contributed by atoms with van der Waals surface area (Å²) in [6, 6.07) is 0.446. The van der Waals surface area contributed by atoms with E-state index < -0.39 is 8.72 Å². The van der Waals surface area contributed by atoms with E-state index in [0.29, 0.717) is 6.04 Å². The van der Waals surface area contributed by atoms with Gasteiger partial charge in [0.1, 0.15) is 0 Å². The molecule has 0 aromatic heterocycles. The quantitative estimate of drug-likeness (QED) is 0.495. The van der Waals surface area contributed by atoms with Gasteiger partial charge in [-0.3, -0.25) is 4.98 Å². The van der Waals surface area contributed by atoms with Crippen molar-refractivity contribution >= 4 is 8.72 Å². The second-order valence-electron chi connectivity index (χ2n) is 4.73. The summed E-state index contributed by atoms with van der Waals surface area (Å²) < 4.78 is 0. The van der Waals surface area contributed by atoms with Crippen LogP contribution < -0.4 is 19.9 Å². The Bertz CT molecular complexity index is 154. The first-order chi connectivity index (χ1) is 6.31. The van der Waals surface area contributed by atoms with Gasteiger partial charge < -0.3 is 14.9 Å². The highest BCUT2D eigenvalue weighted by Crippen LogP contribution is 2.18. The molecule has 0 heterocycles. The maximum Gasteiger partial charge on any atom is 0.365 e. The monoisotopic (exact) mass is 218 g/mol. The summed E-state index contributed by atoms with van der Waals surface area (Å²) in [4.78, 5) is 13.6. The molecule has 0 aliphatic carbocycles. The van der Waals surface area contributed by atoms with E-state index in [-0.39, 0.29) is 5.41 Å². The van der Waals surface area contributed by atoms with E-state index in [1.807, 2.05) is 21.1 Å². The van der Waals surface area contributed by atoms with Crippen LogP contribution in [0.15, 0.2) is 0 Å². The zero-order chi connectivity index (χ0) is 11.4. The third kappa shape index (κ3) is 3.66. The van der Waals surface area contributed by atoms with Gasteiger partial charge in [-0.25, -0.2) is 0 Å². The Morgan fingerprint density at radius 1 is 0.929 bits per heavy atom. The predicted molar refractivity (Wildman–Crippen MR) is 65.0 cm³/mol. The lowest BCUT2D eigenvalue weighted by molar-refractivity contribution is 0.312. The molecule has 0 fully saturated rings. The van der Waals surface area contributed by atoms with E-state index in [1.54, 1.807) is 0 Å². The third-order valence-corrected chi connectivity index (χ3v) is 5.97. The normalized spacial score (nSPS) is 15.6. The zero-order valence-corrected chi connectivity index (χ0v) is 11.6. The van der Waals surface area contributed by atoms with E-state index in [4.69, 9.17) is 0 Å². The van der Waals surface area contributed by atoms with Crippen LogP contribution in [-0.2, 0) is 0 Å². The average Bonchev–Trinajstić information content (AvgIpc) is 2.12. The molecule has 5 heteroatoms. The molecule has 1 atom stereocenters. The Hall–Kier alpha value is 0.0569. The average molecular weight is 218 g/mol. The minimum Gasteiger partial charge on any atom is -0.303 e. The smallest absolute Gasteiger partial charge is 0.303 e. The number of hydrogen-bond acceptors (Lipinski definition) is 4. The van der Waals surface area contributed by atoms with Crippen molar-refractivity contribution in [1.82, 2.24) is 19.9 Å². The Morgan fingerprint density at radius 2 is 1.29 bits per heavy atom. The van der Waals surface area contributed by atoms with Gasteiger partial charge in [0, 0.05) is 6.04 Å². The molecular formula is C9H26N4Si. The van der Waals surface area contributed by atoms with E-state index in [2.05, 4.69) is 47.6 Å². The summed E-state index contributed by atoms with van der Waals surface area (Å²) >= 11 is 0. The van der Waals surface area contributed by atoms with Crippen LogP contribution in [0.5, 0.6) is 0 Å². The van der Waals surface area contributed by atoms with Crippen molar-refractivity contribution < 1.29 is 0 Å². The van der Waals surface area contributed by atoms with Crippen LogP contribution in [0.25, 0.3) is 0 Å². The van der Waals surface area contributed by atoms with Gasteiger partial charge in [0.05, 0.1) is 0 Å². The molecule has 4 N–H and O–H groups in total. The number of rotatable bonds is 5. The minimum absolute atomic E-state index is 0.267. The second-order valence-corrected chi connectivity index (χ2v) is 8.02. The molecule has 0 aromatic rings. The number of hydrogen-bond donors (Lipinski definition) is 4. The van der Waals surface area contributed by atoms with Gasteiger partial charge >= 0.3 is 8.72 Å². The highest BCUT2D eigenvalue weighted by atomic mass is 28.4. The molecule has 0 radical (unpaired) electrons. The molecule has 0 aliphatic heterocycles. The van der Waals surface area contributed by atoms with Crippen LogP contribution in [0.4, 0.5) is 0 Å². The molecular weight excluding hydrogens is 192 g/mol. The van der Waals surface area contributed by atoms with Crippen LogP contribution in [0.1, 0.15) is 27.7 Å². The largest absolute Gasteiger partial charge is 0.365 e. The third-order valence-electron chi connectivity index (χ3n) is 2.86. The molecule has 0 amide bonds. The van der Waals surface area contributed by atoms with Crippen LogP contribution in [0.2, 0.25) is 0 Å². The molecule has 0 rings (SSSR count). The van der Waals surface area contributed by atoms with Crippen molar-refractivity contribution in [3.63, 3.8) is 0 Å². The van der Waals surface area contributed by atoms with Crippen LogP contribution in [-0.4, -0.2) is 35.9 Å². The van der Waals surface area contributed by atoms with Gasteiger partial charge in [0.25, 0.3) is 0 Å². The summed E-state index contributed by atoms with van der Waals surface area (Å²) in [5, 5.41) is 0. The lowest BCUT2D eigenvalue weighted by atomic mass is 9.89. The first-order valence-electron chi connectivity index (χ1n) is 5.15. The van der Waals surface area contributed by atoms with Crippen molar-refractivity contribution in [1.29, 1.82) is 0 Å². The van der Waals surface area contributed by atoms with Gasteiger partial charge in [-0.2, -0.15) is 0 Å². The summed E-state index contributed by atoms with van der Waals surface area (Å²) in [7, 11) is 4.03. The Kier molecular flexibility index (Phi) is 5.25. The molecule has 4 nitrogen and oxygen atoms in total. The lowest BCUT2D eigenvalue weighted by Gasteiger charge is -2.37. The van der Waals surface area contributed by atoms with Crippen LogP contribution in [0.3, 0.4) is 0 Å². The first-order valence-corrected chi connectivity index (χ1v) is 7.15. The second kappa shape index (κ2) is 5.23. The van der Waals surface area contributed by atoms with Crippen LogP contribution in [0, 0.1) is 5.41 Å². The fourth-order valence-electron chi connectivity index (χ4n) is 1.13. The molecule has 0 saturated carbocycles. The summed E-state index contributed by atoms with van der Waals surface area (Å²) in [6.45, 7) is 8.94. The van der Waals surface area contributed by atoms with Gasteiger partial charge in [-0.05, 0) is 33.5 Å². The standard InChI is InChI=1S/C9H26N4Si/c1-8(9(2,3)4)13-14(10-5,11-6)12-7/h8,10-13H,1-7H3. The molecule has 86 valence electrons. The Morgan fingerprint density at radius 3 is 1.50 bits per heavy atom. The first kappa shape index (κ1) is 14.1. The molecule has 0 bridgehead atoms. The van der Waals surface area contributed by atoms with Gasteiger partial charge in [-0.15, -0.1) is 0 Å². The van der Waals surface area contributed by atoms with Crippen LogP contribution >= 0.6 is 0 Å². The SMILES string of the molecule is CN[Si](NC)(NC)NC(C)C(C)(C)C. The topological polar surface area (TPSA) is 48.1 Å². The Balaban J connectivity index is 4.45. The molecule has 14 heavy (non-hydrogen) atoms. The summed E-state index contributed by atoms with van der Waals surface area (Å²) in [5.74, 6) is 0. The van der Waals surface area contributed by atoms with Crippen molar-refractivity contribution in [2.45, 2.75) is 33.7 Å². The Labute approximate surface area is 89.6 Å². The predicted octanol–water partition coefficient (Wildman–Crippen LogP) is 0.104. The van der Waals surface area contributed by atoms with Crippen molar-refractivity contribution in [2.75, 3.05) is 21.1 Å². The van der Waals surface area contributed by atoms with Gasteiger partial charge in [-0.1, -0.05) is 20.8 Å². The molecule has 0 spiro atoms. The van der Waals surface area contributed by atoms with Gasteiger partial charge in [0.2, 0.25) is 0 Å². The fourth-order valence-corrected chi connectivity index (χ4v) is 3.40. The van der Waals surface area contributed by atoms with E-state index in [0.717, 1.165) is 0 Å². The van der Waals surface area contributed by atoms with Crippen molar-refractivity contribution in [2.24, 2.45) is 5.41 Å². The molecule has 0 aliphatic rings. The molecule has 0 saturated heterocycles. The summed E-state index contributed by atoms with van der Waals surface area (Å²) in [5.41, 5.74) is 0.267. The highest BCUT2D eigenvalue weighted by Gasteiger charge is 2.34. The van der Waals surface area contributed by atoms with Crippen molar-refractivity contribution in [3.8, 4) is 0 Å².